The quantitative estimate of drug-likeness (QED) is 0.247. The SMILES string of the molecule is N#CO.[H-].[H-].[K+].[Na+]. The summed E-state index contributed by atoms with van der Waals surface area (Å²) in [6, 6.07) is 0. The average molecular weight is 107 g/mol. The van der Waals surface area contributed by atoms with Gasteiger partial charge in [-0.25, -0.2) is 0 Å². The molecule has 2 nitrogen and oxygen atoms in total. The molecule has 0 saturated heterocycles. The van der Waals surface area contributed by atoms with E-state index in [-0.39, 0.29) is 83.8 Å². The summed E-state index contributed by atoms with van der Waals surface area (Å²) in [7, 11) is 0. The predicted molar refractivity (Wildman–Crippen MR) is 9.77 cm³/mol. The van der Waals surface area contributed by atoms with E-state index in [0.717, 1.165) is 6.26 Å². The second kappa shape index (κ2) is 16.8. The van der Waals surface area contributed by atoms with E-state index in [4.69, 9.17) is 10.4 Å². The largest absolute Gasteiger partial charge is 1.00 e. The number of nitriles is 1. The van der Waals surface area contributed by atoms with Gasteiger partial charge in [0, 0.05) is 0 Å². The van der Waals surface area contributed by atoms with Gasteiger partial charge >= 0.3 is 80.9 Å². The first kappa shape index (κ1) is 15.8. The molecule has 0 unspecified atom stereocenters. The minimum Gasteiger partial charge on any atom is -1.00 e. The average Bonchev–Trinajstić information content (AvgIpc) is 0.918. The van der Waals surface area contributed by atoms with Crippen molar-refractivity contribution in [2.45, 2.75) is 0 Å². The van der Waals surface area contributed by atoms with Crippen LogP contribution in [0.3, 0.4) is 0 Å². The zero-order valence-electron chi connectivity index (χ0n) is 5.39. The van der Waals surface area contributed by atoms with E-state index >= 15 is 0 Å². The Labute approximate surface area is 98.2 Å². The van der Waals surface area contributed by atoms with Gasteiger partial charge in [0.2, 0.25) is 0 Å². The molecule has 0 saturated carbocycles. The van der Waals surface area contributed by atoms with Crippen LogP contribution < -0.4 is 80.9 Å². The summed E-state index contributed by atoms with van der Waals surface area (Å²) in [5, 5.41) is 13.8. The van der Waals surface area contributed by atoms with Gasteiger partial charge in [-0.3, -0.25) is 0 Å². The Bertz CT molecular complexity index is 39.2. The molecule has 0 aromatic rings. The summed E-state index contributed by atoms with van der Waals surface area (Å²) < 4.78 is 0. The summed E-state index contributed by atoms with van der Waals surface area (Å²) in [5.41, 5.74) is 0. The molecule has 5 heavy (non-hydrogen) atoms. The minimum absolute atomic E-state index is 0. The molecule has 0 atom stereocenters. The molecule has 20 valence electrons. The Kier molecular flexibility index (Phi) is 53.0. The molecule has 0 aliphatic heterocycles. The second-order valence-corrected chi connectivity index (χ2v) is 0.100. The van der Waals surface area contributed by atoms with Crippen molar-refractivity contribution in [1.29, 1.82) is 5.26 Å². The Balaban J connectivity index is -0.00000000333. The number of aliphatic hydroxyl groups is 1. The van der Waals surface area contributed by atoms with E-state index in [1.54, 1.807) is 0 Å². The zero-order chi connectivity index (χ0) is 2.71. The molecule has 0 rings (SSSR count). The van der Waals surface area contributed by atoms with Crippen molar-refractivity contribution in [1.82, 2.24) is 0 Å². The van der Waals surface area contributed by atoms with Crippen LogP contribution >= 0.6 is 0 Å². The smallest absolute Gasteiger partial charge is 1.00 e. The summed E-state index contributed by atoms with van der Waals surface area (Å²) >= 11 is 0. The van der Waals surface area contributed by atoms with Gasteiger partial charge in [-0.1, -0.05) is 0 Å². The van der Waals surface area contributed by atoms with Gasteiger partial charge in [-0.05, 0) is 0 Å². The molecule has 0 fully saturated rings. The van der Waals surface area contributed by atoms with Gasteiger partial charge in [0.15, 0.2) is 0 Å². The molecule has 0 spiro atoms. The third kappa shape index (κ3) is 24.6. The molecule has 0 aromatic heterocycles. The fourth-order valence-corrected chi connectivity index (χ4v) is 0. The van der Waals surface area contributed by atoms with Crippen molar-refractivity contribution in [2.75, 3.05) is 0 Å². The van der Waals surface area contributed by atoms with Crippen LogP contribution in [0.15, 0.2) is 0 Å². The van der Waals surface area contributed by atoms with E-state index in [1.807, 2.05) is 0 Å². The summed E-state index contributed by atoms with van der Waals surface area (Å²) in [5.74, 6) is 0. The fourth-order valence-electron chi connectivity index (χ4n) is 0. The van der Waals surface area contributed by atoms with Crippen LogP contribution in [0.5, 0.6) is 0 Å². The summed E-state index contributed by atoms with van der Waals surface area (Å²) in [6.45, 7) is 0. The van der Waals surface area contributed by atoms with Crippen LogP contribution in [0.2, 0.25) is 0 Å². The topological polar surface area (TPSA) is 44.0 Å². The van der Waals surface area contributed by atoms with Crippen molar-refractivity contribution >= 4 is 0 Å². The van der Waals surface area contributed by atoms with Crippen molar-refractivity contribution in [3.63, 3.8) is 0 Å². The molecule has 0 aliphatic rings. The van der Waals surface area contributed by atoms with Crippen LogP contribution in [0.25, 0.3) is 0 Å². The molecule has 0 bridgehead atoms. The molecule has 0 aromatic carbocycles. The monoisotopic (exact) mass is 107 g/mol. The number of aliphatic hydroxyl groups excluding tert-OH is 1. The second-order valence-electron chi connectivity index (χ2n) is 0.100. The molecule has 4 heteroatoms. The molecular weight excluding hydrogens is 104 g/mol. The molecule has 0 amide bonds. The van der Waals surface area contributed by atoms with Gasteiger partial charge in [0.25, 0.3) is 6.26 Å². The van der Waals surface area contributed by atoms with Gasteiger partial charge < -0.3 is 7.96 Å². The Hall–Kier alpha value is 1.93. The third-order valence-corrected chi connectivity index (χ3v) is 0. The normalized spacial score (nSPS) is 1.40. The minimum atomic E-state index is 0. The number of hydrogen-bond donors (Lipinski definition) is 1. The van der Waals surface area contributed by atoms with Crippen LogP contribution in [0.4, 0.5) is 0 Å². The van der Waals surface area contributed by atoms with Crippen LogP contribution in [-0.4, -0.2) is 5.11 Å². The van der Waals surface area contributed by atoms with Crippen LogP contribution in [0, 0.1) is 11.5 Å². The van der Waals surface area contributed by atoms with Crippen LogP contribution in [0.1, 0.15) is 2.85 Å². The number of rotatable bonds is 0. The number of nitrogens with zero attached hydrogens (tertiary/aromatic N) is 1. The van der Waals surface area contributed by atoms with Crippen molar-refractivity contribution < 1.29 is 88.9 Å². The Morgan fingerprint density at radius 3 is 1.80 bits per heavy atom. The molecule has 0 heterocycles. The zero-order valence-corrected chi connectivity index (χ0v) is 8.52. The van der Waals surface area contributed by atoms with E-state index in [1.165, 1.54) is 0 Å². The third-order valence-electron chi connectivity index (χ3n) is 0. The van der Waals surface area contributed by atoms with Gasteiger partial charge in [0.05, 0.1) is 0 Å². The van der Waals surface area contributed by atoms with Gasteiger partial charge in [-0.2, -0.15) is 5.26 Å². The maximum Gasteiger partial charge on any atom is 1.00 e. The summed E-state index contributed by atoms with van der Waals surface area (Å²) in [4.78, 5) is 0. The Morgan fingerprint density at radius 1 is 1.80 bits per heavy atom. The molecule has 0 aliphatic carbocycles. The van der Waals surface area contributed by atoms with Gasteiger partial charge in [0.1, 0.15) is 0 Å². The molecular formula is CH3KNNaO. The predicted octanol–water partition coefficient (Wildman–Crippen LogP) is -5.93. The first-order chi connectivity index (χ1) is 1.41. The number of hydrogen-bond acceptors (Lipinski definition) is 2. The maximum absolute atomic E-state index is 6.88. The van der Waals surface area contributed by atoms with Crippen molar-refractivity contribution in [3.8, 4) is 6.26 Å². The Morgan fingerprint density at radius 2 is 1.80 bits per heavy atom. The van der Waals surface area contributed by atoms with Crippen molar-refractivity contribution in [3.05, 3.63) is 0 Å². The maximum atomic E-state index is 6.88. The van der Waals surface area contributed by atoms with E-state index in [0.29, 0.717) is 0 Å². The fraction of sp³-hybridized carbons (Fsp3) is 0. The van der Waals surface area contributed by atoms with Crippen LogP contribution in [-0.2, 0) is 0 Å². The first-order valence-electron chi connectivity index (χ1n) is 0.447. The van der Waals surface area contributed by atoms with Gasteiger partial charge in [-0.15, -0.1) is 0 Å². The summed E-state index contributed by atoms with van der Waals surface area (Å²) in [6.07, 6.45) is 0.750. The first-order valence-corrected chi connectivity index (χ1v) is 0.447. The van der Waals surface area contributed by atoms with Crippen molar-refractivity contribution in [2.24, 2.45) is 0 Å². The molecule has 0 radical (unpaired) electrons. The van der Waals surface area contributed by atoms with E-state index < -0.39 is 0 Å². The van der Waals surface area contributed by atoms with E-state index in [9.17, 15) is 0 Å². The van der Waals surface area contributed by atoms with E-state index in [2.05, 4.69) is 0 Å². The molecule has 1 N–H and O–H groups in total. The standard InChI is InChI=1S/CHNO.K.Na.2H/c2-1-3;;;;/h3H;;;;/q;2*+1;2*-1.